The quantitative estimate of drug-likeness (QED) is 0.667. The van der Waals surface area contributed by atoms with Gasteiger partial charge >= 0.3 is 0 Å². The molecule has 0 aromatic heterocycles. The van der Waals surface area contributed by atoms with Gasteiger partial charge in [0.1, 0.15) is 0 Å². The summed E-state index contributed by atoms with van der Waals surface area (Å²) < 4.78 is 0. The van der Waals surface area contributed by atoms with Gasteiger partial charge < -0.3 is 4.90 Å². The Morgan fingerprint density at radius 1 is 1.57 bits per heavy atom. The predicted molar refractivity (Wildman–Crippen MR) is 58.9 cm³/mol. The average Bonchev–Trinajstić information content (AvgIpc) is 2.47. The lowest BCUT2D eigenvalue weighted by Crippen LogP contribution is -2.27. The first kappa shape index (κ1) is 10.8. The summed E-state index contributed by atoms with van der Waals surface area (Å²) in [6.07, 6.45) is 6.55. The van der Waals surface area contributed by atoms with Crippen molar-refractivity contribution in [1.82, 2.24) is 4.90 Å². The van der Waals surface area contributed by atoms with Crippen molar-refractivity contribution in [2.24, 2.45) is 0 Å². The van der Waals surface area contributed by atoms with Crippen LogP contribution in [-0.4, -0.2) is 23.9 Å². The van der Waals surface area contributed by atoms with Crippen LogP contribution in [0.1, 0.15) is 20.3 Å². The van der Waals surface area contributed by atoms with Gasteiger partial charge in [0.05, 0.1) is 0 Å². The first-order chi connectivity index (χ1) is 6.74. The number of amides is 1. The first-order valence-corrected chi connectivity index (χ1v) is 5.02. The van der Waals surface area contributed by atoms with Crippen molar-refractivity contribution >= 4 is 5.91 Å². The maximum absolute atomic E-state index is 11.8. The molecule has 0 unspecified atom stereocenters. The Balaban J connectivity index is 2.87. The van der Waals surface area contributed by atoms with Gasteiger partial charge in [-0.2, -0.15) is 0 Å². The zero-order chi connectivity index (χ0) is 10.6. The summed E-state index contributed by atoms with van der Waals surface area (Å²) in [5, 5.41) is 0. The molecular formula is C12H17NO. The van der Waals surface area contributed by atoms with E-state index >= 15 is 0 Å². The van der Waals surface area contributed by atoms with Crippen molar-refractivity contribution in [3.05, 3.63) is 36.0 Å². The lowest BCUT2D eigenvalue weighted by molar-refractivity contribution is -0.125. The van der Waals surface area contributed by atoms with Crippen LogP contribution in [0.3, 0.4) is 0 Å². The zero-order valence-corrected chi connectivity index (χ0v) is 8.92. The number of hydrogen-bond acceptors (Lipinski definition) is 1. The second-order valence-corrected chi connectivity index (χ2v) is 3.37. The molecule has 1 amide bonds. The third-order valence-corrected chi connectivity index (χ3v) is 2.30. The van der Waals surface area contributed by atoms with E-state index in [1.165, 1.54) is 0 Å². The van der Waals surface area contributed by atoms with Crippen molar-refractivity contribution < 1.29 is 4.79 Å². The third-order valence-electron chi connectivity index (χ3n) is 2.30. The van der Waals surface area contributed by atoms with Gasteiger partial charge in [0.25, 0.3) is 5.91 Å². The molecule has 0 fully saturated rings. The molecule has 0 aromatic rings. The van der Waals surface area contributed by atoms with Crippen LogP contribution in [0, 0.1) is 0 Å². The fourth-order valence-electron chi connectivity index (χ4n) is 1.64. The van der Waals surface area contributed by atoms with E-state index in [2.05, 4.69) is 13.5 Å². The summed E-state index contributed by atoms with van der Waals surface area (Å²) in [6, 6.07) is 0. The van der Waals surface area contributed by atoms with Crippen LogP contribution in [-0.2, 0) is 4.79 Å². The molecule has 2 nitrogen and oxygen atoms in total. The van der Waals surface area contributed by atoms with E-state index in [9.17, 15) is 4.79 Å². The number of allylic oxidation sites excluding steroid dienone is 1. The molecule has 0 spiro atoms. The summed E-state index contributed by atoms with van der Waals surface area (Å²) in [6.45, 7) is 9.28. The third kappa shape index (κ3) is 1.95. The second kappa shape index (κ2) is 4.80. The Morgan fingerprint density at radius 2 is 2.29 bits per heavy atom. The van der Waals surface area contributed by atoms with E-state index in [-0.39, 0.29) is 5.91 Å². The van der Waals surface area contributed by atoms with Crippen LogP contribution in [0.15, 0.2) is 36.0 Å². The van der Waals surface area contributed by atoms with E-state index in [1.54, 1.807) is 6.08 Å². The van der Waals surface area contributed by atoms with Crippen LogP contribution in [0.2, 0.25) is 0 Å². The van der Waals surface area contributed by atoms with Crippen molar-refractivity contribution in [1.29, 1.82) is 0 Å². The Labute approximate surface area is 85.6 Å². The molecule has 76 valence electrons. The van der Waals surface area contributed by atoms with Gasteiger partial charge in [0.15, 0.2) is 0 Å². The highest BCUT2D eigenvalue weighted by atomic mass is 16.2. The molecule has 0 saturated heterocycles. The molecule has 1 aliphatic heterocycles. The molecule has 1 rings (SSSR count). The Hall–Kier alpha value is -1.31. The fourth-order valence-corrected chi connectivity index (χ4v) is 1.64. The molecule has 1 heterocycles. The molecule has 2 heteroatoms. The summed E-state index contributed by atoms with van der Waals surface area (Å²) in [7, 11) is 0. The van der Waals surface area contributed by atoms with E-state index in [0.29, 0.717) is 0 Å². The summed E-state index contributed by atoms with van der Waals surface area (Å²) in [5.74, 6) is 0.139. The monoisotopic (exact) mass is 191 g/mol. The zero-order valence-electron chi connectivity index (χ0n) is 8.92. The van der Waals surface area contributed by atoms with Gasteiger partial charge in [-0.05, 0) is 18.9 Å². The highest BCUT2D eigenvalue weighted by Gasteiger charge is 2.25. The number of nitrogens with zero attached hydrogens (tertiary/aromatic N) is 1. The van der Waals surface area contributed by atoms with Gasteiger partial charge in [-0.15, -0.1) is 0 Å². The summed E-state index contributed by atoms with van der Waals surface area (Å²) in [4.78, 5) is 13.7. The van der Waals surface area contributed by atoms with Crippen molar-refractivity contribution in [2.45, 2.75) is 20.3 Å². The molecule has 0 radical (unpaired) electrons. The van der Waals surface area contributed by atoms with E-state index < -0.39 is 0 Å². The van der Waals surface area contributed by atoms with Crippen LogP contribution in [0.4, 0.5) is 0 Å². The topological polar surface area (TPSA) is 20.3 Å². The summed E-state index contributed by atoms with van der Waals surface area (Å²) >= 11 is 0. The largest absolute Gasteiger partial charge is 0.334 e. The van der Waals surface area contributed by atoms with E-state index in [1.807, 2.05) is 24.0 Å². The van der Waals surface area contributed by atoms with Crippen LogP contribution in [0.5, 0.6) is 0 Å². The minimum atomic E-state index is 0.139. The highest BCUT2D eigenvalue weighted by Crippen LogP contribution is 2.20. The van der Waals surface area contributed by atoms with Crippen LogP contribution >= 0.6 is 0 Å². The van der Waals surface area contributed by atoms with Gasteiger partial charge in [-0.3, -0.25) is 4.79 Å². The Kier molecular flexibility index (Phi) is 3.69. The molecule has 0 atom stereocenters. The normalized spacial score (nSPS) is 17.3. The van der Waals surface area contributed by atoms with E-state index in [4.69, 9.17) is 0 Å². The molecule has 0 bridgehead atoms. The predicted octanol–water partition coefficient (Wildman–Crippen LogP) is 2.30. The average molecular weight is 191 g/mol. The van der Waals surface area contributed by atoms with Crippen molar-refractivity contribution in [3.8, 4) is 0 Å². The van der Waals surface area contributed by atoms with Gasteiger partial charge in [-0.1, -0.05) is 31.7 Å². The van der Waals surface area contributed by atoms with Crippen molar-refractivity contribution in [2.75, 3.05) is 13.1 Å². The fraction of sp³-hybridized carbons (Fsp3) is 0.417. The van der Waals surface area contributed by atoms with Gasteiger partial charge in [-0.25, -0.2) is 0 Å². The molecule has 0 N–H and O–H groups in total. The Morgan fingerprint density at radius 3 is 2.79 bits per heavy atom. The second-order valence-electron chi connectivity index (χ2n) is 3.37. The number of carbonyl (C=O) groups excluding carboxylic acids is 1. The lowest BCUT2D eigenvalue weighted by Gasteiger charge is -2.14. The minimum Gasteiger partial charge on any atom is -0.334 e. The molecule has 0 aromatic carbocycles. The molecule has 0 aliphatic carbocycles. The van der Waals surface area contributed by atoms with Crippen LogP contribution in [0.25, 0.3) is 0 Å². The number of carbonyl (C=O) groups is 1. The van der Waals surface area contributed by atoms with Gasteiger partial charge in [0.2, 0.25) is 0 Å². The molecule has 14 heavy (non-hydrogen) atoms. The first-order valence-electron chi connectivity index (χ1n) is 5.02. The summed E-state index contributed by atoms with van der Waals surface area (Å²) in [5.41, 5.74) is 1.84. The highest BCUT2D eigenvalue weighted by molar-refractivity contribution is 6.00. The van der Waals surface area contributed by atoms with Crippen LogP contribution < -0.4 is 0 Å². The maximum Gasteiger partial charge on any atom is 0.254 e. The number of rotatable bonds is 4. The number of hydrogen-bond donors (Lipinski definition) is 0. The minimum absolute atomic E-state index is 0.139. The molecule has 1 aliphatic rings. The van der Waals surface area contributed by atoms with E-state index in [0.717, 1.165) is 30.7 Å². The van der Waals surface area contributed by atoms with Gasteiger partial charge in [0, 0.05) is 18.7 Å². The maximum atomic E-state index is 11.8. The lowest BCUT2D eigenvalue weighted by atomic mass is 10.1. The van der Waals surface area contributed by atoms with Crippen molar-refractivity contribution in [3.63, 3.8) is 0 Å². The smallest absolute Gasteiger partial charge is 0.254 e. The molecular weight excluding hydrogens is 174 g/mol. The standard InChI is InChI=1S/C12H17NO/c1-4-7-11-10(6-3)9-13(8-5-2)12(11)14/h4,6-7H,3,5,8-9H2,1-2H3/b7-4-. The molecule has 0 saturated carbocycles. The SMILES string of the molecule is C=CC1=C(/C=C\C)C(=O)N(CCC)C1. The Bertz CT molecular complexity index is 299.